The second-order valence-electron chi connectivity index (χ2n) is 7.40. The molecule has 5 heteroatoms. The molecule has 140 valence electrons. The smallest absolute Gasteiger partial charge is 0.313 e. The zero-order valence-corrected chi connectivity index (χ0v) is 15.7. The molecule has 1 N–H and O–H groups in total. The van der Waals surface area contributed by atoms with E-state index in [-0.39, 0.29) is 11.9 Å². The summed E-state index contributed by atoms with van der Waals surface area (Å²) in [5, 5.41) is 10.7. The fourth-order valence-electron chi connectivity index (χ4n) is 4.59. The number of fused-ring (bicyclic) bond motifs is 1. The standard InChI is InChI=1S/C22H22ClNO3/c23-15-12-10-14(11-13-15)20-19(22(26)27)17-8-4-5-9-18(17)21(25)24(20)16-6-2-1-3-7-16/h4-5,8-13,16,19-20H,1-3,6-7H2,(H,26,27)/t19-,20+/m0/s1. The zero-order chi connectivity index (χ0) is 19.0. The van der Waals surface area contributed by atoms with Gasteiger partial charge in [-0.25, -0.2) is 0 Å². The number of benzene rings is 2. The lowest BCUT2D eigenvalue weighted by Crippen LogP contribution is -2.50. The lowest BCUT2D eigenvalue weighted by molar-refractivity contribution is -0.141. The Labute approximate surface area is 163 Å². The Morgan fingerprint density at radius 3 is 2.33 bits per heavy atom. The largest absolute Gasteiger partial charge is 0.481 e. The highest BCUT2D eigenvalue weighted by atomic mass is 35.5. The molecule has 2 aromatic carbocycles. The summed E-state index contributed by atoms with van der Waals surface area (Å²) in [5.74, 6) is -1.76. The van der Waals surface area contributed by atoms with Crippen molar-refractivity contribution in [3.05, 3.63) is 70.2 Å². The van der Waals surface area contributed by atoms with E-state index in [1.165, 1.54) is 6.42 Å². The van der Waals surface area contributed by atoms with Crippen LogP contribution in [0.3, 0.4) is 0 Å². The summed E-state index contributed by atoms with van der Waals surface area (Å²) in [4.78, 5) is 27.6. The van der Waals surface area contributed by atoms with Crippen molar-refractivity contribution in [3.8, 4) is 0 Å². The van der Waals surface area contributed by atoms with Crippen molar-refractivity contribution in [1.29, 1.82) is 0 Å². The van der Waals surface area contributed by atoms with E-state index >= 15 is 0 Å². The predicted octanol–water partition coefficient (Wildman–Crippen LogP) is 5.04. The minimum atomic E-state index is -0.907. The molecular formula is C22H22ClNO3. The maximum Gasteiger partial charge on any atom is 0.313 e. The average molecular weight is 384 g/mol. The van der Waals surface area contributed by atoms with Gasteiger partial charge in [0.15, 0.2) is 0 Å². The van der Waals surface area contributed by atoms with Crippen LogP contribution in [-0.4, -0.2) is 27.9 Å². The Kier molecular flexibility index (Phi) is 4.92. The fourth-order valence-corrected chi connectivity index (χ4v) is 4.72. The number of hydrogen-bond acceptors (Lipinski definition) is 2. The monoisotopic (exact) mass is 383 g/mol. The molecule has 0 saturated heterocycles. The molecule has 4 nitrogen and oxygen atoms in total. The van der Waals surface area contributed by atoms with Crippen LogP contribution in [0.25, 0.3) is 0 Å². The normalized spacial score (nSPS) is 23.1. The molecular weight excluding hydrogens is 362 g/mol. The topological polar surface area (TPSA) is 57.6 Å². The highest BCUT2D eigenvalue weighted by molar-refractivity contribution is 6.30. The molecule has 1 aliphatic heterocycles. The second-order valence-corrected chi connectivity index (χ2v) is 7.84. The molecule has 0 bridgehead atoms. The number of carbonyl (C=O) groups excluding carboxylic acids is 1. The highest BCUT2D eigenvalue weighted by Gasteiger charge is 2.46. The van der Waals surface area contributed by atoms with E-state index in [0.29, 0.717) is 16.1 Å². The Bertz CT molecular complexity index is 858. The van der Waals surface area contributed by atoms with Gasteiger partial charge in [-0.15, -0.1) is 0 Å². The maximum absolute atomic E-state index is 13.4. The van der Waals surface area contributed by atoms with Crippen LogP contribution >= 0.6 is 11.6 Å². The van der Waals surface area contributed by atoms with E-state index < -0.39 is 17.9 Å². The molecule has 2 aliphatic rings. The third-order valence-corrected chi connectivity index (χ3v) is 6.07. The first kappa shape index (κ1) is 18.1. The van der Waals surface area contributed by atoms with E-state index in [0.717, 1.165) is 31.2 Å². The summed E-state index contributed by atoms with van der Waals surface area (Å²) >= 11 is 6.05. The van der Waals surface area contributed by atoms with Crippen LogP contribution in [-0.2, 0) is 4.79 Å². The van der Waals surface area contributed by atoms with Crippen molar-refractivity contribution in [3.63, 3.8) is 0 Å². The highest BCUT2D eigenvalue weighted by Crippen LogP contribution is 2.45. The minimum absolute atomic E-state index is 0.0602. The van der Waals surface area contributed by atoms with Gasteiger partial charge in [-0.2, -0.15) is 0 Å². The molecule has 27 heavy (non-hydrogen) atoms. The predicted molar refractivity (Wildman–Crippen MR) is 104 cm³/mol. The molecule has 1 heterocycles. The number of halogens is 1. The number of carboxylic acid groups (broad SMARTS) is 1. The molecule has 4 rings (SSSR count). The molecule has 0 radical (unpaired) electrons. The van der Waals surface area contributed by atoms with Crippen LogP contribution in [0.2, 0.25) is 5.02 Å². The third-order valence-electron chi connectivity index (χ3n) is 5.82. The van der Waals surface area contributed by atoms with Crippen LogP contribution in [0.15, 0.2) is 48.5 Å². The van der Waals surface area contributed by atoms with Crippen molar-refractivity contribution in [1.82, 2.24) is 4.90 Å². The Morgan fingerprint density at radius 2 is 1.67 bits per heavy atom. The van der Waals surface area contributed by atoms with E-state index in [1.54, 1.807) is 36.4 Å². The molecule has 1 saturated carbocycles. The molecule has 2 atom stereocenters. The van der Waals surface area contributed by atoms with Gasteiger partial charge in [-0.3, -0.25) is 9.59 Å². The van der Waals surface area contributed by atoms with Gasteiger partial charge in [0.1, 0.15) is 5.92 Å². The first-order valence-corrected chi connectivity index (χ1v) is 9.85. The minimum Gasteiger partial charge on any atom is -0.481 e. The molecule has 1 fully saturated rings. The molecule has 0 aromatic heterocycles. The average Bonchev–Trinajstić information content (AvgIpc) is 2.69. The van der Waals surface area contributed by atoms with Gasteiger partial charge in [-0.1, -0.05) is 61.2 Å². The molecule has 1 amide bonds. The lowest BCUT2D eigenvalue weighted by atomic mass is 9.77. The summed E-state index contributed by atoms with van der Waals surface area (Å²) in [5.41, 5.74) is 1.93. The summed E-state index contributed by atoms with van der Waals surface area (Å²) in [6, 6.07) is 13.9. The van der Waals surface area contributed by atoms with Crippen molar-refractivity contribution in [2.24, 2.45) is 0 Å². The van der Waals surface area contributed by atoms with Crippen molar-refractivity contribution in [2.75, 3.05) is 0 Å². The van der Waals surface area contributed by atoms with Gasteiger partial charge >= 0.3 is 5.97 Å². The Hall–Kier alpha value is -2.33. The van der Waals surface area contributed by atoms with Crippen LogP contribution < -0.4 is 0 Å². The summed E-state index contributed by atoms with van der Waals surface area (Å²) in [7, 11) is 0. The zero-order valence-electron chi connectivity index (χ0n) is 15.0. The van der Waals surface area contributed by atoms with Crippen molar-refractivity contribution < 1.29 is 14.7 Å². The number of hydrogen-bond donors (Lipinski definition) is 1. The maximum atomic E-state index is 13.4. The van der Waals surface area contributed by atoms with Gasteiger partial charge in [0.05, 0.1) is 6.04 Å². The SMILES string of the molecule is O=C(O)[C@H]1c2ccccc2C(=O)N(C2CCCCC2)[C@@H]1c1ccc(Cl)cc1. The Morgan fingerprint density at radius 1 is 1.00 bits per heavy atom. The van der Waals surface area contributed by atoms with Crippen LogP contribution in [0.5, 0.6) is 0 Å². The van der Waals surface area contributed by atoms with Crippen LogP contribution in [0.1, 0.15) is 65.5 Å². The summed E-state index contributed by atoms with van der Waals surface area (Å²) < 4.78 is 0. The van der Waals surface area contributed by atoms with E-state index in [9.17, 15) is 14.7 Å². The number of carboxylic acids is 1. The number of rotatable bonds is 3. The van der Waals surface area contributed by atoms with Gasteiger partial charge in [0.25, 0.3) is 5.91 Å². The fraction of sp³-hybridized carbons (Fsp3) is 0.364. The second kappa shape index (κ2) is 7.35. The number of amides is 1. The number of aliphatic carboxylic acids is 1. The third kappa shape index (κ3) is 3.23. The van der Waals surface area contributed by atoms with E-state index in [1.807, 2.05) is 17.0 Å². The van der Waals surface area contributed by atoms with E-state index in [4.69, 9.17) is 11.6 Å². The first-order valence-electron chi connectivity index (χ1n) is 9.48. The molecule has 1 aliphatic carbocycles. The first-order chi connectivity index (χ1) is 13.1. The summed E-state index contributed by atoms with van der Waals surface area (Å²) in [6.07, 6.45) is 5.15. The summed E-state index contributed by atoms with van der Waals surface area (Å²) in [6.45, 7) is 0. The quantitative estimate of drug-likeness (QED) is 0.807. The van der Waals surface area contributed by atoms with E-state index in [2.05, 4.69) is 0 Å². The van der Waals surface area contributed by atoms with Crippen molar-refractivity contribution in [2.45, 2.75) is 50.1 Å². The molecule has 0 unspecified atom stereocenters. The number of carbonyl (C=O) groups is 2. The van der Waals surface area contributed by atoms with Crippen LogP contribution in [0, 0.1) is 0 Å². The van der Waals surface area contributed by atoms with Gasteiger partial charge in [0, 0.05) is 16.6 Å². The van der Waals surface area contributed by atoms with Crippen LogP contribution in [0.4, 0.5) is 0 Å². The molecule has 0 spiro atoms. The van der Waals surface area contributed by atoms with Gasteiger partial charge in [0.2, 0.25) is 0 Å². The van der Waals surface area contributed by atoms with Crippen molar-refractivity contribution >= 4 is 23.5 Å². The molecule has 2 aromatic rings. The lowest BCUT2D eigenvalue weighted by Gasteiger charge is -2.46. The number of nitrogens with zero attached hydrogens (tertiary/aromatic N) is 1. The van der Waals surface area contributed by atoms with Gasteiger partial charge < -0.3 is 10.0 Å². The van der Waals surface area contributed by atoms with Gasteiger partial charge in [-0.05, 0) is 42.2 Å². The Balaban J connectivity index is 1.89.